The number of imidazole rings is 1. The molecular weight excluding hydrogens is 328 g/mol. The molecule has 1 aliphatic carbocycles. The summed E-state index contributed by atoms with van der Waals surface area (Å²) in [6.07, 6.45) is 6.39. The SMILES string of the molecule is Cc1nc(S(=O)(=O)NC2CCC(Oc3ccccn3)CC2)cn1C. The van der Waals surface area contributed by atoms with Gasteiger partial charge in [-0.2, -0.15) is 0 Å². The molecule has 2 heterocycles. The number of nitrogens with zero attached hydrogens (tertiary/aromatic N) is 3. The average Bonchev–Trinajstić information content (AvgIpc) is 2.90. The number of pyridine rings is 1. The molecule has 0 spiro atoms. The van der Waals surface area contributed by atoms with Crippen LogP contribution in [-0.2, 0) is 17.1 Å². The molecule has 2 aromatic heterocycles. The molecule has 7 nitrogen and oxygen atoms in total. The summed E-state index contributed by atoms with van der Waals surface area (Å²) in [5, 5.41) is 0.0781. The molecule has 0 radical (unpaired) electrons. The minimum atomic E-state index is -3.57. The second kappa shape index (κ2) is 6.90. The molecule has 0 aromatic carbocycles. The van der Waals surface area contributed by atoms with E-state index in [0.29, 0.717) is 11.7 Å². The number of hydrogen-bond donors (Lipinski definition) is 1. The van der Waals surface area contributed by atoms with Gasteiger partial charge in [0, 0.05) is 31.5 Å². The van der Waals surface area contributed by atoms with Gasteiger partial charge in [0.2, 0.25) is 5.88 Å². The van der Waals surface area contributed by atoms with Crippen molar-refractivity contribution < 1.29 is 13.2 Å². The summed E-state index contributed by atoms with van der Waals surface area (Å²) < 4.78 is 35.1. The number of rotatable bonds is 5. The molecule has 0 bridgehead atoms. The lowest BCUT2D eigenvalue weighted by Gasteiger charge is -2.28. The van der Waals surface area contributed by atoms with Gasteiger partial charge in [-0.3, -0.25) is 0 Å². The molecule has 130 valence electrons. The Morgan fingerprint density at radius 2 is 2.00 bits per heavy atom. The number of ether oxygens (including phenoxy) is 1. The monoisotopic (exact) mass is 350 g/mol. The molecule has 1 N–H and O–H groups in total. The van der Waals surface area contributed by atoms with Gasteiger partial charge >= 0.3 is 0 Å². The molecule has 1 fully saturated rings. The lowest BCUT2D eigenvalue weighted by atomic mass is 9.94. The maximum atomic E-state index is 12.4. The van der Waals surface area contributed by atoms with E-state index in [2.05, 4.69) is 14.7 Å². The van der Waals surface area contributed by atoms with Crippen molar-refractivity contribution in [1.82, 2.24) is 19.3 Å². The molecule has 2 aromatic rings. The average molecular weight is 350 g/mol. The van der Waals surface area contributed by atoms with Crippen molar-refractivity contribution in [2.45, 2.75) is 49.8 Å². The van der Waals surface area contributed by atoms with E-state index in [4.69, 9.17) is 4.74 Å². The Morgan fingerprint density at radius 1 is 1.25 bits per heavy atom. The number of aromatic nitrogens is 3. The predicted molar refractivity (Wildman–Crippen MR) is 89.2 cm³/mol. The van der Waals surface area contributed by atoms with Gasteiger partial charge in [0.05, 0.1) is 0 Å². The number of sulfonamides is 1. The van der Waals surface area contributed by atoms with Crippen molar-refractivity contribution >= 4 is 10.0 Å². The van der Waals surface area contributed by atoms with Crippen LogP contribution in [0.15, 0.2) is 35.6 Å². The Labute approximate surface area is 142 Å². The molecule has 0 saturated heterocycles. The first-order valence-corrected chi connectivity index (χ1v) is 9.52. The van der Waals surface area contributed by atoms with E-state index in [1.807, 2.05) is 18.2 Å². The minimum Gasteiger partial charge on any atom is -0.474 e. The molecule has 0 unspecified atom stereocenters. The summed E-state index contributed by atoms with van der Waals surface area (Å²) in [4.78, 5) is 8.25. The summed E-state index contributed by atoms with van der Waals surface area (Å²) in [6.45, 7) is 1.78. The van der Waals surface area contributed by atoms with Gasteiger partial charge < -0.3 is 9.30 Å². The van der Waals surface area contributed by atoms with Gasteiger partial charge in [-0.05, 0) is 38.7 Å². The second-order valence-electron chi connectivity index (χ2n) is 6.12. The molecule has 0 atom stereocenters. The molecule has 24 heavy (non-hydrogen) atoms. The van der Waals surface area contributed by atoms with Crippen molar-refractivity contribution in [3.8, 4) is 5.88 Å². The van der Waals surface area contributed by atoms with Crippen LogP contribution < -0.4 is 9.46 Å². The first-order chi connectivity index (χ1) is 11.4. The topological polar surface area (TPSA) is 86.1 Å². The van der Waals surface area contributed by atoms with E-state index in [0.717, 1.165) is 25.7 Å². The van der Waals surface area contributed by atoms with Crippen LogP contribution in [0.3, 0.4) is 0 Å². The van der Waals surface area contributed by atoms with Crippen LogP contribution in [0.4, 0.5) is 0 Å². The molecule has 8 heteroatoms. The fraction of sp³-hybridized carbons (Fsp3) is 0.500. The van der Waals surface area contributed by atoms with Crippen LogP contribution in [-0.4, -0.2) is 35.1 Å². The van der Waals surface area contributed by atoms with Gasteiger partial charge in [-0.1, -0.05) is 6.07 Å². The van der Waals surface area contributed by atoms with Crippen LogP contribution in [0.2, 0.25) is 0 Å². The minimum absolute atomic E-state index is 0.0781. The fourth-order valence-corrected chi connectivity index (χ4v) is 4.17. The third kappa shape index (κ3) is 3.93. The largest absolute Gasteiger partial charge is 0.474 e. The van der Waals surface area contributed by atoms with E-state index < -0.39 is 10.0 Å². The first kappa shape index (κ1) is 16.9. The fourth-order valence-electron chi connectivity index (χ4n) is 2.82. The van der Waals surface area contributed by atoms with Gasteiger partial charge in [0.1, 0.15) is 11.9 Å². The highest BCUT2D eigenvalue weighted by atomic mass is 32.2. The van der Waals surface area contributed by atoms with E-state index in [1.165, 1.54) is 6.20 Å². The van der Waals surface area contributed by atoms with Crippen molar-refractivity contribution in [2.75, 3.05) is 0 Å². The van der Waals surface area contributed by atoms with Crippen molar-refractivity contribution in [3.05, 3.63) is 36.4 Å². The van der Waals surface area contributed by atoms with Gasteiger partial charge in [-0.15, -0.1) is 0 Å². The summed E-state index contributed by atoms with van der Waals surface area (Å²) in [5.41, 5.74) is 0. The number of aryl methyl sites for hydroxylation is 2. The zero-order valence-corrected chi connectivity index (χ0v) is 14.7. The number of nitrogens with one attached hydrogen (secondary N) is 1. The maximum Gasteiger partial charge on any atom is 0.259 e. The van der Waals surface area contributed by atoms with E-state index in [9.17, 15) is 8.42 Å². The molecule has 1 saturated carbocycles. The molecular formula is C16H22N4O3S. The van der Waals surface area contributed by atoms with Gasteiger partial charge in [0.25, 0.3) is 10.0 Å². The lowest BCUT2D eigenvalue weighted by molar-refractivity contribution is 0.138. The van der Waals surface area contributed by atoms with Gasteiger partial charge in [0.15, 0.2) is 5.03 Å². The number of hydrogen-bond acceptors (Lipinski definition) is 5. The van der Waals surface area contributed by atoms with Crippen LogP contribution in [0.25, 0.3) is 0 Å². The summed E-state index contributed by atoms with van der Waals surface area (Å²) in [5.74, 6) is 1.29. The Morgan fingerprint density at radius 3 is 2.58 bits per heavy atom. The van der Waals surface area contributed by atoms with Gasteiger partial charge in [-0.25, -0.2) is 23.1 Å². The van der Waals surface area contributed by atoms with E-state index in [1.54, 1.807) is 24.7 Å². The highest BCUT2D eigenvalue weighted by Gasteiger charge is 2.28. The zero-order valence-electron chi connectivity index (χ0n) is 13.8. The van der Waals surface area contributed by atoms with Crippen LogP contribution >= 0.6 is 0 Å². The standard InChI is InChI=1S/C16H22N4O3S/c1-12-18-16(11-20(12)2)24(21,22)19-13-6-8-14(9-7-13)23-15-5-3-4-10-17-15/h3-5,10-11,13-14,19H,6-9H2,1-2H3. The van der Waals surface area contributed by atoms with E-state index in [-0.39, 0.29) is 17.2 Å². The Bertz CT molecular complexity index is 761. The van der Waals surface area contributed by atoms with Crippen LogP contribution in [0, 0.1) is 6.92 Å². The Balaban J connectivity index is 1.55. The molecule has 0 aliphatic heterocycles. The van der Waals surface area contributed by atoms with Crippen LogP contribution in [0.1, 0.15) is 31.5 Å². The Hall–Kier alpha value is -1.93. The van der Waals surface area contributed by atoms with Crippen molar-refractivity contribution in [3.63, 3.8) is 0 Å². The third-order valence-electron chi connectivity index (χ3n) is 4.28. The first-order valence-electron chi connectivity index (χ1n) is 8.04. The normalized spacial score (nSPS) is 21.6. The second-order valence-corrected chi connectivity index (χ2v) is 7.78. The quantitative estimate of drug-likeness (QED) is 0.888. The summed E-state index contributed by atoms with van der Waals surface area (Å²) in [6, 6.07) is 5.48. The molecule has 0 amide bonds. The zero-order chi connectivity index (χ0) is 17.2. The Kier molecular flexibility index (Phi) is 4.86. The maximum absolute atomic E-state index is 12.4. The summed E-state index contributed by atoms with van der Waals surface area (Å²) in [7, 11) is -1.79. The summed E-state index contributed by atoms with van der Waals surface area (Å²) >= 11 is 0. The predicted octanol–water partition coefficient (Wildman–Crippen LogP) is 1.79. The lowest BCUT2D eigenvalue weighted by Crippen LogP contribution is -2.39. The highest BCUT2D eigenvalue weighted by Crippen LogP contribution is 2.24. The highest BCUT2D eigenvalue weighted by molar-refractivity contribution is 7.89. The molecule has 3 rings (SSSR count). The smallest absolute Gasteiger partial charge is 0.259 e. The molecule has 1 aliphatic rings. The van der Waals surface area contributed by atoms with E-state index >= 15 is 0 Å². The van der Waals surface area contributed by atoms with Crippen molar-refractivity contribution in [2.24, 2.45) is 7.05 Å². The van der Waals surface area contributed by atoms with Crippen LogP contribution in [0.5, 0.6) is 5.88 Å². The van der Waals surface area contributed by atoms with Crippen molar-refractivity contribution in [1.29, 1.82) is 0 Å². The third-order valence-corrected chi connectivity index (χ3v) is 5.67.